The van der Waals surface area contributed by atoms with Gasteiger partial charge in [0.05, 0.1) is 0 Å². The highest BCUT2D eigenvalue weighted by Crippen LogP contribution is 2.28. The largest absolute Gasteiger partial charge is 0.459 e. The van der Waals surface area contributed by atoms with Crippen LogP contribution in [0.2, 0.25) is 5.02 Å². The van der Waals surface area contributed by atoms with Gasteiger partial charge in [0.2, 0.25) is 0 Å². The molecule has 0 bridgehead atoms. The van der Waals surface area contributed by atoms with Crippen molar-refractivity contribution in [2.75, 3.05) is 0 Å². The van der Waals surface area contributed by atoms with Crippen LogP contribution < -0.4 is 0 Å². The van der Waals surface area contributed by atoms with Crippen LogP contribution in [0.5, 0.6) is 0 Å². The van der Waals surface area contributed by atoms with Crippen LogP contribution in [0.1, 0.15) is 37.8 Å². The monoisotopic (exact) mass is 302 g/mol. The molecule has 0 amide bonds. The van der Waals surface area contributed by atoms with Crippen molar-refractivity contribution < 1.29 is 9.53 Å². The molecule has 0 spiro atoms. The van der Waals surface area contributed by atoms with E-state index in [-0.39, 0.29) is 5.97 Å². The van der Waals surface area contributed by atoms with Crippen molar-refractivity contribution in [3.63, 3.8) is 0 Å². The molecule has 2 aromatic rings. The SMILES string of the molecule is CC(C)(C)OC(=O)C(c1ccccc1)c1ccc(Cl)cc1. The fourth-order valence-corrected chi connectivity index (χ4v) is 2.25. The second kappa shape index (κ2) is 6.31. The maximum atomic E-state index is 12.6. The van der Waals surface area contributed by atoms with E-state index in [1.165, 1.54) is 0 Å². The van der Waals surface area contributed by atoms with Gasteiger partial charge in [-0.25, -0.2) is 0 Å². The number of carbonyl (C=O) groups excluding carboxylic acids is 1. The predicted octanol–water partition coefficient (Wildman–Crippen LogP) is 4.81. The normalized spacial score (nSPS) is 12.8. The first-order valence-electron chi connectivity index (χ1n) is 6.90. The van der Waals surface area contributed by atoms with Gasteiger partial charge in [-0.2, -0.15) is 0 Å². The van der Waals surface area contributed by atoms with E-state index in [4.69, 9.17) is 16.3 Å². The Bertz CT molecular complexity index is 597. The standard InChI is InChI=1S/C18H19ClO2/c1-18(2,3)21-17(20)16(13-7-5-4-6-8-13)14-9-11-15(19)12-10-14/h4-12,16H,1-3H3. The van der Waals surface area contributed by atoms with E-state index in [1.54, 1.807) is 12.1 Å². The number of hydrogen-bond donors (Lipinski definition) is 0. The van der Waals surface area contributed by atoms with E-state index < -0.39 is 11.5 Å². The molecule has 1 unspecified atom stereocenters. The number of rotatable bonds is 3. The Kier molecular flexibility index (Phi) is 4.69. The minimum Gasteiger partial charge on any atom is -0.459 e. The fourth-order valence-electron chi connectivity index (χ4n) is 2.13. The highest BCUT2D eigenvalue weighted by molar-refractivity contribution is 6.30. The van der Waals surface area contributed by atoms with Gasteiger partial charge in [-0.1, -0.05) is 54.1 Å². The van der Waals surface area contributed by atoms with Crippen LogP contribution in [-0.2, 0) is 9.53 Å². The molecule has 3 heteroatoms. The van der Waals surface area contributed by atoms with Gasteiger partial charge in [-0.05, 0) is 44.0 Å². The van der Waals surface area contributed by atoms with Crippen molar-refractivity contribution in [3.05, 3.63) is 70.7 Å². The van der Waals surface area contributed by atoms with Crippen LogP contribution in [0.4, 0.5) is 0 Å². The molecule has 0 saturated carbocycles. The summed E-state index contributed by atoms with van der Waals surface area (Å²) in [5.74, 6) is -0.696. The highest BCUT2D eigenvalue weighted by Gasteiger charge is 2.27. The first kappa shape index (κ1) is 15.6. The van der Waals surface area contributed by atoms with Crippen LogP contribution in [0.3, 0.4) is 0 Å². The molecular formula is C18H19ClO2. The lowest BCUT2D eigenvalue weighted by Crippen LogP contribution is -2.28. The highest BCUT2D eigenvalue weighted by atomic mass is 35.5. The molecule has 0 aliphatic rings. The molecule has 0 fully saturated rings. The quantitative estimate of drug-likeness (QED) is 0.760. The molecule has 0 radical (unpaired) electrons. The van der Waals surface area contributed by atoms with Crippen molar-refractivity contribution in [1.29, 1.82) is 0 Å². The van der Waals surface area contributed by atoms with Gasteiger partial charge >= 0.3 is 5.97 Å². The third-order valence-corrected chi connectivity index (χ3v) is 3.23. The van der Waals surface area contributed by atoms with Gasteiger partial charge in [0.25, 0.3) is 0 Å². The summed E-state index contributed by atoms with van der Waals surface area (Å²) in [5, 5.41) is 0.648. The molecule has 0 N–H and O–H groups in total. The van der Waals surface area contributed by atoms with Crippen LogP contribution in [0.25, 0.3) is 0 Å². The third-order valence-electron chi connectivity index (χ3n) is 2.98. The van der Waals surface area contributed by atoms with E-state index in [9.17, 15) is 4.79 Å². The van der Waals surface area contributed by atoms with Gasteiger partial charge in [0, 0.05) is 5.02 Å². The zero-order valence-corrected chi connectivity index (χ0v) is 13.2. The molecule has 110 valence electrons. The Labute approximate surface area is 130 Å². The number of carbonyl (C=O) groups is 1. The Morgan fingerprint density at radius 1 is 0.952 bits per heavy atom. The summed E-state index contributed by atoms with van der Waals surface area (Å²) in [5.41, 5.74) is 1.27. The Morgan fingerprint density at radius 3 is 2.00 bits per heavy atom. The molecule has 0 heterocycles. The molecule has 2 aromatic carbocycles. The lowest BCUT2D eigenvalue weighted by Gasteiger charge is -2.24. The second-order valence-corrected chi connectivity index (χ2v) is 6.37. The molecule has 0 aliphatic carbocycles. The molecule has 2 rings (SSSR count). The average molecular weight is 303 g/mol. The van der Waals surface area contributed by atoms with E-state index in [1.807, 2.05) is 63.2 Å². The van der Waals surface area contributed by atoms with Crippen LogP contribution in [0, 0.1) is 0 Å². The number of esters is 1. The smallest absolute Gasteiger partial charge is 0.318 e. The summed E-state index contributed by atoms with van der Waals surface area (Å²) < 4.78 is 5.57. The average Bonchev–Trinajstić information content (AvgIpc) is 2.40. The van der Waals surface area contributed by atoms with Crippen LogP contribution >= 0.6 is 11.6 Å². The second-order valence-electron chi connectivity index (χ2n) is 5.93. The minimum atomic E-state index is -0.517. The van der Waals surface area contributed by atoms with E-state index in [0.717, 1.165) is 11.1 Å². The number of ether oxygens (including phenoxy) is 1. The third kappa shape index (κ3) is 4.33. The van der Waals surface area contributed by atoms with Crippen molar-refractivity contribution in [2.45, 2.75) is 32.3 Å². The molecule has 1 atom stereocenters. The van der Waals surface area contributed by atoms with Crippen molar-refractivity contribution in [2.24, 2.45) is 0 Å². The zero-order chi connectivity index (χ0) is 15.5. The van der Waals surface area contributed by atoms with Crippen LogP contribution in [-0.4, -0.2) is 11.6 Å². The van der Waals surface area contributed by atoms with Gasteiger partial charge in [-0.3, -0.25) is 4.79 Å². The van der Waals surface area contributed by atoms with Gasteiger partial charge in [-0.15, -0.1) is 0 Å². The van der Waals surface area contributed by atoms with Crippen molar-refractivity contribution >= 4 is 17.6 Å². The first-order chi connectivity index (χ1) is 9.87. The minimum absolute atomic E-state index is 0.254. The van der Waals surface area contributed by atoms with Crippen molar-refractivity contribution in [1.82, 2.24) is 0 Å². The predicted molar refractivity (Wildman–Crippen MR) is 85.6 cm³/mol. The zero-order valence-electron chi connectivity index (χ0n) is 12.5. The molecule has 2 nitrogen and oxygen atoms in total. The molecular weight excluding hydrogens is 284 g/mol. The van der Waals surface area contributed by atoms with Crippen molar-refractivity contribution in [3.8, 4) is 0 Å². The first-order valence-corrected chi connectivity index (χ1v) is 7.28. The molecule has 21 heavy (non-hydrogen) atoms. The Hall–Kier alpha value is -1.80. The maximum absolute atomic E-state index is 12.6. The van der Waals surface area contributed by atoms with Crippen LogP contribution in [0.15, 0.2) is 54.6 Å². The number of halogens is 1. The Balaban J connectivity index is 2.40. The van der Waals surface area contributed by atoms with E-state index >= 15 is 0 Å². The lowest BCUT2D eigenvalue weighted by molar-refractivity contribution is -0.155. The number of benzene rings is 2. The van der Waals surface area contributed by atoms with Gasteiger partial charge in [0.1, 0.15) is 11.5 Å². The Morgan fingerprint density at radius 2 is 1.48 bits per heavy atom. The molecule has 0 aromatic heterocycles. The summed E-state index contributed by atoms with van der Waals surface area (Å²) in [4.78, 5) is 12.6. The van der Waals surface area contributed by atoms with Gasteiger partial charge in [0.15, 0.2) is 0 Å². The summed E-state index contributed by atoms with van der Waals surface area (Å²) in [7, 11) is 0. The summed E-state index contributed by atoms with van der Waals surface area (Å²) in [6.45, 7) is 5.61. The summed E-state index contributed by atoms with van der Waals surface area (Å²) in [6.07, 6.45) is 0. The number of hydrogen-bond acceptors (Lipinski definition) is 2. The topological polar surface area (TPSA) is 26.3 Å². The lowest BCUT2D eigenvalue weighted by atomic mass is 9.91. The summed E-state index contributed by atoms with van der Waals surface area (Å²) >= 11 is 5.93. The summed E-state index contributed by atoms with van der Waals surface area (Å²) in [6, 6.07) is 16.9. The van der Waals surface area contributed by atoms with E-state index in [0.29, 0.717) is 5.02 Å². The molecule has 0 saturated heterocycles. The maximum Gasteiger partial charge on any atom is 0.318 e. The van der Waals surface area contributed by atoms with E-state index in [2.05, 4.69) is 0 Å². The fraction of sp³-hybridized carbons (Fsp3) is 0.278. The van der Waals surface area contributed by atoms with Gasteiger partial charge < -0.3 is 4.74 Å². The molecule has 0 aliphatic heterocycles.